The van der Waals surface area contributed by atoms with Crippen LogP contribution in [-0.4, -0.2) is 17.6 Å². The summed E-state index contributed by atoms with van der Waals surface area (Å²) in [5, 5.41) is 17.8. The fourth-order valence-electron chi connectivity index (χ4n) is 1.69. The van der Waals surface area contributed by atoms with E-state index in [9.17, 15) is 10.0 Å². The highest BCUT2D eigenvalue weighted by atomic mass is 16.8. The fourth-order valence-corrected chi connectivity index (χ4v) is 1.69. The quantitative estimate of drug-likeness (QED) is 0.653. The highest BCUT2D eigenvalue weighted by Gasteiger charge is 2.27. The summed E-state index contributed by atoms with van der Waals surface area (Å²) in [4.78, 5) is 12.1. The molecule has 0 radical (unpaired) electrons. The largest absolute Gasteiger partial charge is 0.359 e. The van der Waals surface area contributed by atoms with E-state index in [-0.39, 0.29) is 16.3 Å². The van der Waals surface area contributed by atoms with Crippen LogP contribution in [0.25, 0.3) is 11.3 Å². The number of carbonyl (C=O) groups excluding carboxylic acids is 1. The highest BCUT2D eigenvalue weighted by Crippen LogP contribution is 2.18. The molecular weight excluding hydrogens is 246 g/mol. The van der Waals surface area contributed by atoms with Crippen LogP contribution >= 0.6 is 0 Å². The van der Waals surface area contributed by atoms with Crippen LogP contribution in [0, 0.1) is 5.21 Å². The number of rotatable bonds is 5. The minimum Gasteiger partial charge on any atom is -0.359 e. The molecule has 1 amide bonds. The summed E-state index contributed by atoms with van der Waals surface area (Å²) >= 11 is 0. The molecule has 19 heavy (non-hydrogen) atoms. The van der Waals surface area contributed by atoms with Crippen LogP contribution in [0.5, 0.6) is 0 Å². The number of amides is 1. The Morgan fingerprint density at radius 3 is 2.84 bits per heavy atom. The standard InChI is InChI=1S/C13H15N3O3/c1-2-3-9-14-13(17)12-11(15-19-16(12)18)10-7-5-4-6-8-10/h4-8H,2-3,9H2,1H3,(H,14,17). The molecule has 100 valence electrons. The molecule has 1 heterocycles. The van der Waals surface area contributed by atoms with Gasteiger partial charge in [0.25, 0.3) is 17.3 Å². The van der Waals surface area contributed by atoms with Crippen LogP contribution in [0.1, 0.15) is 30.3 Å². The molecule has 0 aliphatic rings. The monoisotopic (exact) mass is 261 g/mol. The molecule has 2 aromatic rings. The second-order valence-electron chi connectivity index (χ2n) is 4.10. The molecule has 1 aromatic carbocycles. The third-order valence-corrected chi connectivity index (χ3v) is 2.69. The molecule has 1 aromatic heterocycles. The summed E-state index contributed by atoms with van der Waals surface area (Å²) in [6.45, 7) is 2.55. The third kappa shape index (κ3) is 2.90. The van der Waals surface area contributed by atoms with Crippen LogP contribution in [0.15, 0.2) is 35.0 Å². The van der Waals surface area contributed by atoms with E-state index >= 15 is 0 Å². The number of nitrogens with one attached hydrogen (secondary N) is 1. The summed E-state index contributed by atoms with van der Waals surface area (Å²) < 4.78 is 4.53. The molecule has 1 N–H and O–H groups in total. The Labute approximate surface area is 110 Å². The van der Waals surface area contributed by atoms with E-state index in [0.29, 0.717) is 12.1 Å². The van der Waals surface area contributed by atoms with Crippen molar-refractivity contribution >= 4 is 5.91 Å². The van der Waals surface area contributed by atoms with Crippen LogP contribution in [0.4, 0.5) is 0 Å². The molecule has 0 atom stereocenters. The van der Waals surface area contributed by atoms with Crippen LogP contribution in [0.3, 0.4) is 0 Å². The zero-order valence-electron chi connectivity index (χ0n) is 10.6. The van der Waals surface area contributed by atoms with E-state index in [4.69, 9.17) is 0 Å². The summed E-state index contributed by atoms with van der Waals surface area (Å²) in [5.74, 6) is -0.469. The number of hydrogen-bond acceptors (Lipinski definition) is 4. The van der Waals surface area contributed by atoms with Gasteiger partial charge in [-0.2, -0.15) is 0 Å². The lowest BCUT2D eigenvalue weighted by molar-refractivity contribution is -0.803. The van der Waals surface area contributed by atoms with Gasteiger partial charge >= 0.3 is 0 Å². The van der Waals surface area contributed by atoms with Gasteiger partial charge in [0.2, 0.25) is 0 Å². The topological polar surface area (TPSA) is 82.1 Å². The van der Waals surface area contributed by atoms with Gasteiger partial charge in [0.1, 0.15) is 0 Å². The van der Waals surface area contributed by atoms with Gasteiger partial charge in [-0.05, 0) is 11.3 Å². The molecule has 0 aliphatic carbocycles. The average molecular weight is 261 g/mol. The SMILES string of the molecule is CCCCNC(=O)c1c(-c2ccccc2)no[n+]1[O-]. The summed E-state index contributed by atoms with van der Waals surface area (Å²) in [6.07, 6.45) is 1.82. The lowest BCUT2D eigenvalue weighted by Crippen LogP contribution is -2.37. The van der Waals surface area contributed by atoms with E-state index in [1.54, 1.807) is 24.3 Å². The summed E-state index contributed by atoms with van der Waals surface area (Å²) in [7, 11) is 0. The van der Waals surface area contributed by atoms with Crippen LogP contribution < -0.4 is 10.2 Å². The smallest absolute Gasteiger partial charge is 0.300 e. The highest BCUT2D eigenvalue weighted by molar-refractivity contribution is 5.96. The van der Waals surface area contributed by atoms with Gasteiger partial charge in [0, 0.05) is 17.3 Å². The number of nitrogens with zero attached hydrogens (tertiary/aromatic N) is 2. The predicted octanol–water partition coefficient (Wildman–Crippen LogP) is 1.50. The third-order valence-electron chi connectivity index (χ3n) is 2.69. The Bertz CT molecular complexity index is 552. The van der Waals surface area contributed by atoms with Crippen molar-refractivity contribution in [2.24, 2.45) is 0 Å². The minimum atomic E-state index is -0.469. The number of aromatic nitrogens is 2. The van der Waals surface area contributed by atoms with E-state index in [1.165, 1.54) is 0 Å². The summed E-state index contributed by atoms with van der Waals surface area (Å²) in [6, 6.07) is 8.98. The van der Waals surface area contributed by atoms with Crippen molar-refractivity contribution in [3.8, 4) is 11.3 Å². The Kier molecular flexibility index (Phi) is 4.12. The first-order valence-corrected chi connectivity index (χ1v) is 6.17. The second-order valence-corrected chi connectivity index (χ2v) is 4.10. The van der Waals surface area contributed by atoms with Gasteiger partial charge in [-0.25, -0.2) is 0 Å². The van der Waals surface area contributed by atoms with Crippen molar-refractivity contribution in [1.29, 1.82) is 0 Å². The maximum Gasteiger partial charge on any atom is 0.300 e. The maximum atomic E-state index is 12.0. The van der Waals surface area contributed by atoms with E-state index in [0.717, 1.165) is 12.8 Å². The second kappa shape index (κ2) is 5.99. The van der Waals surface area contributed by atoms with Gasteiger partial charge in [0.15, 0.2) is 0 Å². The van der Waals surface area contributed by atoms with Crippen molar-refractivity contribution in [2.75, 3.05) is 6.54 Å². The Balaban J connectivity index is 2.25. The Morgan fingerprint density at radius 2 is 2.16 bits per heavy atom. The first kappa shape index (κ1) is 13.1. The number of unbranched alkanes of at least 4 members (excludes halogenated alkanes) is 1. The van der Waals surface area contributed by atoms with E-state index < -0.39 is 5.91 Å². The van der Waals surface area contributed by atoms with Gasteiger partial charge in [-0.15, -0.1) is 0 Å². The normalized spacial score (nSPS) is 10.4. The Hall–Kier alpha value is -2.37. The zero-order valence-corrected chi connectivity index (χ0v) is 10.6. The lowest BCUT2D eigenvalue weighted by atomic mass is 10.1. The molecule has 0 saturated carbocycles. The van der Waals surface area contributed by atoms with Crippen LogP contribution in [-0.2, 0) is 0 Å². The number of benzene rings is 1. The van der Waals surface area contributed by atoms with Crippen LogP contribution in [0.2, 0.25) is 0 Å². The average Bonchev–Trinajstić information content (AvgIpc) is 2.82. The van der Waals surface area contributed by atoms with Crippen molar-refractivity contribution in [1.82, 2.24) is 10.5 Å². The molecule has 2 rings (SSSR count). The molecule has 0 spiro atoms. The van der Waals surface area contributed by atoms with Crippen molar-refractivity contribution in [3.63, 3.8) is 0 Å². The first-order valence-electron chi connectivity index (χ1n) is 6.17. The fraction of sp³-hybridized carbons (Fsp3) is 0.308. The van der Waals surface area contributed by atoms with Crippen molar-refractivity contribution in [3.05, 3.63) is 41.2 Å². The molecule has 0 fully saturated rings. The van der Waals surface area contributed by atoms with Gasteiger partial charge < -0.3 is 10.5 Å². The minimum absolute atomic E-state index is 0.109. The summed E-state index contributed by atoms with van der Waals surface area (Å²) in [5.41, 5.74) is 0.813. The maximum absolute atomic E-state index is 12.0. The molecule has 0 bridgehead atoms. The molecule has 6 nitrogen and oxygen atoms in total. The number of hydrogen-bond donors (Lipinski definition) is 1. The molecule has 0 unspecified atom stereocenters. The molecule has 6 heteroatoms. The number of carbonyl (C=O) groups is 1. The van der Waals surface area contributed by atoms with Crippen molar-refractivity contribution < 1.29 is 14.3 Å². The lowest BCUT2D eigenvalue weighted by Gasteiger charge is -2.01. The Morgan fingerprint density at radius 1 is 1.42 bits per heavy atom. The zero-order chi connectivity index (χ0) is 13.7. The first-order chi connectivity index (χ1) is 9.24. The molecule has 0 aliphatic heterocycles. The van der Waals surface area contributed by atoms with E-state index in [2.05, 4.69) is 15.1 Å². The predicted molar refractivity (Wildman–Crippen MR) is 68.1 cm³/mol. The van der Waals surface area contributed by atoms with Gasteiger partial charge in [-0.1, -0.05) is 43.7 Å². The van der Waals surface area contributed by atoms with Gasteiger partial charge in [0.05, 0.1) is 0 Å². The van der Waals surface area contributed by atoms with E-state index in [1.807, 2.05) is 13.0 Å². The van der Waals surface area contributed by atoms with Crippen molar-refractivity contribution in [2.45, 2.75) is 19.8 Å². The molecule has 0 saturated heterocycles. The molecular formula is C13H15N3O3. The van der Waals surface area contributed by atoms with Gasteiger partial charge in [-0.3, -0.25) is 9.42 Å².